The zero-order valence-corrected chi connectivity index (χ0v) is 9.91. The van der Waals surface area contributed by atoms with Crippen molar-refractivity contribution < 1.29 is 0 Å². The molecule has 2 aromatic rings. The van der Waals surface area contributed by atoms with Crippen molar-refractivity contribution in [2.75, 3.05) is 0 Å². The average molecular weight is 250 g/mol. The third-order valence-corrected chi connectivity index (χ3v) is 2.44. The SMILES string of the molecule is Clc1cc(Cl)cc(/C=N/c2ccccc2)c1. The predicted octanol–water partition coefficient (Wildman–Crippen LogP) is 4.74. The van der Waals surface area contributed by atoms with Gasteiger partial charge in [-0.1, -0.05) is 41.4 Å². The third kappa shape index (κ3) is 3.09. The van der Waals surface area contributed by atoms with Crippen LogP contribution in [0.2, 0.25) is 10.0 Å². The van der Waals surface area contributed by atoms with Crippen LogP contribution in [-0.4, -0.2) is 6.21 Å². The molecule has 0 heterocycles. The Labute approximate surface area is 104 Å². The first-order valence-electron chi connectivity index (χ1n) is 4.79. The Morgan fingerprint density at radius 1 is 0.875 bits per heavy atom. The van der Waals surface area contributed by atoms with Crippen molar-refractivity contribution in [2.24, 2.45) is 4.99 Å². The molecule has 0 saturated carbocycles. The molecule has 80 valence electrons. The summed E-state index contributed by atoms with van der Waals surface area (Å²) in [5, 5.41) is 1.23. The molecule has 0 amide bonds. The summed E-state index contributed by atoms with van der Waals surface area (Å²) >= 11 is 11.8. The van der Waals surface area contributed by atoms with Crippen LogP contribution in [0, 0.1) is 0 Å². The standard InChI is InChI=1S/C13H9Cl2N/c14-11-6-10(7-12(15)8-11)9-16-13-4-2-1-3-5-13/h1-9H/b16-9+. The van der Waals surface area contributed by atoms with Crippen molar-refractivity contribution >= 4 is 35.1 Å². The summed E-state index contributed by atoms with van der Waals surface area (Å²) in [4.78, 5) is 4.32. The van der Waals surface area contributed by atoms with Crippen LogP contribution in [0.25, 0.3) is 0 Å². The third-order valence-electron chi connectivity index (χ3n) is 2.00. The summed E-state index contributed by atoms with van der Waals surface area (Å²) in [5.41, 5.74) is 1.79. The van der Waals surface area contributed by atoms with Gasteiger partial charge in [-0.05, 0) is 35.9 Å². The smallest absolute Gasteiger partial charge is 0.0629 e. The summed E-state index contributed by atoms with van der Waals surface area (Å²) in [6.07, 6.45) is 1.74. The lowest BCUT2D eigenvalue weighted by Gasteiger charge is -1.97. The van der Waals surface area contributed by atoms with E-state index in [1.807, 2.05) is 42.5 Å². The minimum Gasteiger partial charge on any atom is -0.256 e. The molecular formula is C13H9Cl2N. The number of nitrogens with zero attached hydrogens (tertiary/aromatic N) is 1. The number of hydrogen-bond donors (Lipinski definition) is 0. The number of para-hydroxylation sites is 1. The van der Waals surface area contributed by atoms with Crippen molar-refractivity contribution in [1.82, 2.24) is 0 Å². The largest absolute Gasteiger partial charge is 0.256 e. The highest BCUT2D eigenvalue weighted by Gasteiger charge is 1.95. The molecule has 0 atom stereocenters. The molecule has 0 N–H and O–H groups in total. The van der Waals surface area contributed by atoms with Gasteiger partial charge in [0.05, 0.1) is 5.69 Å². The predicted molar refractivity (Wildman–Crippen MR) is 70.2 cm³/mol. The van der Waals surface area contributed by atoms with E-state index < -0.39 is 0 Å². The Balaban J connectivity index is 2.24. The van der Waals surface area contributed by atoms with E-state index in [0.717, 1.165) is 11.3 Å². The number of benzene rings is 2. The molecule has 1 nitrogen and oxygen atoms in total. The summed E-state index contributed by atoms with van der Waals surface area (Å²) in [7, 11) is 0. The van der Waals surface area contributed by atoms with Crippen LogP contribution in [0.3, 0.4) is 0 Å². The van der Waals surface area contributed by atoms with Crippen LogP contribution >= 0.6 is 23.2 Å². The van der Waals surface area contributed by atoms with Crippen molar-refractivity contribution in [3.8, 4) is 0 Å². The number of aliphatic imine (C=N–C) groups is 1. The maximum Gasteiger partial charge on any atom is 0.0629 e. The fourth-order valence-corrected chi connectivity index (χ4v) is 1.86. The molecule has 0 saturated heterocycles. The van der Waals surface area contributed by atoms with Crippen molar-refractivity contribution in [3.05, 3.63) is 64.1 Å². The molecule has 0 aliphatic carbocycles. The summed E-state index contributed by atoms with van der Waals surface area (Å²) < 4.78 is 0. The van der Waals surface area contributed by atoms with Crippen LogP contribution in [0.4, 0.5) is 5.69 Å². The molecule has 0 spiro atoms. The Hall–Kier alpha value is -1.31. The van der Waals surface area contributed by atoms with Crippen LogP contribution in [0.5, 0.6) is 0 Å². The quantitative estimate of drug-likeness (QED) is 0.682. The van der Waals surface area contributed by atoms with Gasteiger partial charge in [0.15, 0.2) is 0 Å². The number of hydrogen-bond acceptors (Lipinski definition) is 1. The maximum absolute atomic E-state index is 5.89. The molecular weight excluding hydrogens is 241 g/mol. The topological polar surface area (TPSA) is 12.4 Å². The first-order valence-corrected chi connectivity index (χ1v) is 5.55. The van der Waals surface area contributed by atoms with Gasteiger partial charge in [0, 0.05) is 16.3 Å². The normalized spacial score (nSPS) is 10.9. The summed E-state index contributed by atoms with van der Waals surface area (Å²) in [5.74, 6) is 0. The van der Waals surface area contributed by atoms with Gasteiger partial charge in [-0.2, -0.15) is 0 Å². The summed E-state index contributed by atoms with van der Waals surface area (Å²) in [6.45, 7) is 0. The Bertz CT molecular complexity index is 486. The second kappa shape index (κ2) is 5.15. The fourth-order valence-electron chi connectivity index (χ4n) is 1.31. The zero-order valence-electron chi connectivity index (χ0n) is 8.40. The van der Waals surface area contributed by atoms with E-state index in [-0.39, 0.29) is 0 Å². The molecule has 0 unspecified atom stereocenters. The molecule has 0 fully saturated rings. The van der Waals surface area contributed by atoms with E-state index in [2.05, 4.69) is 4.99 Å². The first kappa shape index (κ1) is 11.2. The van der Waals surface area contributed by atoms with Gasteiger partial charge in [0.2, 0.25) is 0 Å². The van der Waals surface area contributed by atoms with Gasteiger partial charge >= 0.3 is 0 Å². The zero-order chi connectivity index (χ0) is 11.4. The van der Waals surface area contributed by atoms with E-state index in [4.69, 9.17) is 23.2 Å². The summed E-state index contributed by atoms with van der Waals surface area (Å²) in [6, 6.07) is 15.0. The van der Waals surface area contributed by atoms with Crippen LogP contribution < -0.4 is 0 Å². The Morgan fingerprint density at radius 3 is 2.12 bits per heavy atom. The number of rotatable bonds is 2. The average Bonchev–Trinajstić information content (AvgIpc) is 2.27. The second-order valence-electron chi connectivity index (χ2n) is 3.30. The van der Waals surface area contributed by atoms with Crippen molar-refractivity contribution in [1.29, 1.82) is 0 Å². The van der Waals surface area contributed by atoms with Gasteiger partial charge in [0.25, 0.3) is 0 Å². The van der Waals surface area contributed by atoms with E-state index in [1.165, 1.54) is 0 Å². The van der Waals surface area contributed by atoms with E-state index in [0.29, 0.717) is 10.0 Å². The fraction of sp³-hybridized carbons (Fsp3) is 0. The lowest BCUT2D eigenvalue weighted by molar-refractivity contribution is 1.53. The van der Waals surface area contributed by atoms with Crippen LogP contribution in [0.15, 0.2) is 53.5 Å². The van der Waals surface area contributed by atoms with Gasteiger partial charge in [-0.15, -0.1) is 0 Å². The molecule has 0 aliphatic rings. The van der Waals surface area contributed by atoms with Crippen LogP contribution in [-0.2, 0) is 0 Å². The maximum atomic E-state index is 5.89. The van der Waals surface area contributed by atoms with E-state index >= 15 is 0 Å². The molecule has 0 aromatic heterocycles. The Morgan fingerprint density at radius 2 is 1.50 bits per heavy atom. The van der Waals surface area contributed by atoms with E-state index in [1.54, 1.807) is 12.3 Å². The lowest BCUT2D eigenvalue weighted by Crippen LogP contribution is -1.80. The monoisotopic (exact) mass is 249 g/mol. The highest BCUT2D eigenvalue weighted by molar-refractivity contribution is 6.35. The molecule has 0 bridgehead atoms. The van der Waals surface area contributed by atoms with Crippen molar-refractivity contribution in [3.63, 3.8) is 0 Å². The second-order valence-corrected chi connectivity index (χ2v) is 4.17. The first-order chi connectivity index (χ1) is 7.74. The van der Waals surface area contributed by atoms with Gasteiger partial charge in [-0.25, -0.2) is 0 Å². The number of halogens is 2. The molecule has 2 rings (SSSR count). The molecule has 2 aromatic carbocycles. The van der Waals surface area contributed by atoms with Crippen LogP contribution in [0.1, 0.15) is 5.56 Å². The highest BCUT2D eigenvalue weighted by Crippen LogP contribution is 2.18. The molecule has 3 heteroatoms. The van der Waals surface area contributed by atoms with Gasteiger partial charge in [0.1, 0.15) is 0 Å². The van der Waals surface area contributed by atoms with Crippen molar-refractivity contribution in [2.45, 2.75) is 0 Å². The Kier molecular flexibility index (Phi) is 3.60. The van der Waals surface area contributed by atoms with Gasteiger partial charge < -0.3 is 0 Å². The minimum absolute atomic E-state index is 0.613. The van der Waals surface area contributed by atoms with E-state index in [9.17, 15) is 0 Å². The lowest BCUT2D eigenvalue weighted by atomic mass is 10.2. The molecule has 0 aliphatic heterocycles. The van der Waals surface area contributed by atoms with Gasteiger partial charge in [-0.3, -0.25) is 4.99 Å². The molecule has 16 heavy (non-hydrogen) atoms. The molecule has 0 radical (unpaired) electrons. The highest BCUT2D eigenvalue weighted by atomic mass is 35.5. The minimum atomic E-state index is 0.613.